The van der Waals surface area contributed by atoms with Crippen LogP contribution in [0.15, 0.2) is 41.8 Å². The van der Waals surface area contributed by atoms with Crippen LogP contribution >= 0.6 is 0 Å². The highest BCUT2D eigenvalue weighted by atomic mass is 32.2. The monoisotopic (exact) mass is 355 g/mol. The number of nitrogens with one attached hydrogen (secondary N) is 1. The summed E-state index contributed by atoms with van der Waals surface area (Å²) in [5.41, 5.74) is 1.81. The minimum atomic E-state index is -0.971. The van der Waals surface area contributed by atoms with Crippen molar-refractivity contribution in [3.8, 4) is 0 Å². The van der Waals surface area contributed by atoms with Crippen LogP contribution in [0.3, 0.4) is 0 Å². The number of pyridine rings is 1. The topological polar surface area (TPSA) is 74.8 Å². The first-order valence-electron chi connectivity index (χ1n) is 8.44. The molecule has 7 heteroatoms. The molecule has 1 N–H and O–H groups in total. The standard InChI is InChI=1S/C18H21N5OS/c1-12-3-4-15(9-20-12)25(24)10-13-7-14(8-13)23(2)18-16-5-6-19-17(16)21-11-22-18/h3-6,9,11,13-14H,7-8,10H2,1-2H3,(H,19,21,22). The van der Waals surface area contributed by atoms with Crippen molar-refractivity contribution in [3.05, 3.63) is 42.6 Å². The molecule has 0 bridgehead atoms. The first kappa shape index (κ1) is 16.2. The van der Waals surface area contributed by atoms with Crippen LogP contribution in [-0.2, 0) is 10.8 Å². The third-order valence-corrected chi connectivity index (χ3v) is 6.50. The van der Waals surface area contributed by atoms with Gasteiger partial charge in [-0.1, -0.05) is 0 Å². The lowest BCUT2D eigenvalue weighted by Gasteiger charge is -2.41. The summed E-state index contributed by atoms with van der Waals surface area (Å²) >= 11 is 0. The van der Waals surface area contributed by atoms with Crippen molar-refractivity contribution in [2.24, 2.45) is 5.92 Å². The van der Waals surface area contributed by atoms with Gasteiger partial charge in [-0.15, -0.1) is 0 Å². The van der Waals surface area contributed by atoms with Gasteiger partial charge in [0, 0.05) is 36.9 Å². The second-order valence-corrected chi connectivity index (χ2v) is 8.18. The van der Waals surface area contributed by atoms with E-state index >= 15 is 0 Å². The molecular formula is C18H21N5OS. The molecule has 3 aromatic heterocycles. The maximum absolute atomic E-state index is 12.5. The highest BCUT2D eigenvalue weighted by Crippen LogP contribution is 2.35. The van der Waals surface area contributed by atoms with E-state index in [1.54, 1.807) is 12.5 Å². The summed E-state index contributed by atoms with van der Waals surface area (Å²) in [5, 5.41) is 1.04. The molecule has 1 aliphatic carbocycles. The van der Waals surface area contributed by atoms with E-state index < -0.39 is 10.8 Å². The van der Waals surface area contributed by atoms with E-state index in [-0.39, 0.29) is 0 Å². The molecule has 1 fully saturated rings. The largest absolute Gasteiger partial charge is 0.356 e. The number of nitrogens with zero attached hydrogens (tertiary/aromatic N) is 4. The van der Waals surface area contributed by atoms with Gasteiger partial charge in [0.25, 0.3) is 0 Å². The van der Waals surface area contributed by atoms with Crippen LogP contribution in [0.25, 0.3) is 11.0 Å². The van der Waals surface area contributed by atoms with E-state index in [0.717, 1.165) is 40.3 Å². The number of anilines is 1. The normalized spacial score (nSPS) is 21.0. The molecule has 0 saturated heterocycles. The summed E-state index contributed by atoms with van der Waals surface area (Å²) in [7, 11) is 1.11. The third-order valence-electron chi connectivity index (χ3n) is 4.96. The number of aryl methyl sites for hydroxylation is 1. The molecule has 0 radical (unpaired) electrons. The molecular weight excluding hydrogens is 334 g/mol. The van der Waals surface area contributed by atoms with Crippen LogP contribution in [0.1, 0.15) is 18.5 Å². The van der Waals surface area contributed by atoms with E-state index in [0.29, 0.717) is 17.7 Å². The molecule has 6 nitrogen and oxygen atoms in total. The lowest BCUT2D eigenvalue weighted by molar-refractivity contribution is 0.284. The predicted molar refractivity (Wildman–Crippen MR) is 99.1 cm³/mol. The number of H-pyrrole nitrogens is 1. The predicted octanol–water partition coefficient (Wildman–Crippen LogP) is 2.68. The van der Waals surface area contributed by atoms with Crippen LogP contribution in [-0.4, -0.2) is 43.0 Å². The Morgan fingerprint density at radius 1 is 1.24 bits per heavy atom. The molecule has 3 aromatic rings. The Kier molecular flexibility index (Phi) is 4.25. The van der Waals surface area contributed by atoms with Crippen LogP contribution in [0, 0.1) is 12.8 Å². The third kappa shape index (κ3) is 3.16. The van der Waals surface area contributed by atoms with E-state index in [4.69, 9.17) is 0 Å². The lowest BCUT2D eigenvalue weighted by Crippen LogP contribution is -2.44. The molecule has 1 saturated carbocycles. The van der Waals surface area contributed by atoms with E-state index in [1.807, 2.05) is 31.3 Å². The molecule has 1 atom stereocenters. The van der Waals surface area contributed by atoms with E-state index in [9.17, 15) is 4.21 Å². The second kappa shape index (κ2) is 6.55. The van der Waals surface area contributed by atoms with E-state index in [2.05, 4.69) is 31.9 Å². The summed E-state index contributed by atoms with van der Waals surface area (Å²) in [4.78, 5) is 19.1. The Morgan fingerprint density at radius 2 is 2.08 bits per heavy atom. The molecule has 1 unspecified atom stereocenters. The van der Waals surface area contributed by atoms with Crippen molar-refractivity contribution in [1.82, 2.24) is 19.9 Å². The molecule has 0 aliphatic heterocycles. The lowest BCUT2D eigenvalue weighted by atomic mass is 9.81. The first-order valence-corrected chi connectivity index (χ1v) is 9.75. The smallest absolute Gasteiger partial charge is 0.142 e. The fourth-order valence-electron chi connectivity index (χ4n) is 3.36. The highest BCUT2D eigenvalue weighted by molar-refractivity contribution is 7.85. The van der Waals surface area contributed by atoms with Gasteiger partial charge in [0.15, 0.2) is 0 Å². The quantitative estimate of drug-likeness (QED) is 0.762. The van der Waals surface area contributed by atoms with Crippen molar-refractivity contribution in [3.63, 3.8) is 0 Å². The van der Waals surface area contributed by atoms with Gasteiger partial charge >= 0.3 is 0 Å². The molecule has 130 valence electrons. The van der Waals surface area contributed by atoms with Gasteiger partial charge in [-0.25, -0.2) is 9.97 Å². The molecule has 0 aromatic carbocycles. The number of aromatic amines is 1. The maximum Gasteiger partial charge on any atom is 0.142 e. The highest BCUT2D eigenvalue weighted by Gasteiger charge is 2.34. The van der Waals surface area contributed by atoms with E-state index in [1.165, 1.54) is 0 Å². The van der Waals surface area contributed by atoms with Crippen LogP contribution in [0.5, 0.6) is 0 Å². The Balaban J connectivity index is 1.38. The van der Waals surface area contributed by atoms with Crippen molar-refractivity contribution in [2.45, 2.75) is 30.7 Å². The number of aromatic nitrogens is 4. The van der Waals surface area contributed by atoms with Crippen LogP contribution in [0.4, 0.5) is 5.82 Å². The fraction of sp³-hybridized carbons (Fsp3) is 0.389. The van der Waals surface area contributed by atoms with Gasteiger partial charge in [0.1, 0.15) is 17.8 Å². The first-order chi connectivity index (χ1) is 12.1. The summed E-state index contributed by atoms with van der Waals surface area (Å²) in [6, 6.07) is 6.29. The second-order valence-electron chi connectivity index (χ2n) is 6.69. The molecule has 25 heavy (non-hydrogen) atoms. The summed E-state index contributed by atoms with van der Waals surface area (Å²) < 4.78 is 12.5. The minimum absolute atomic E-state index is 0.436. The zero-order valence-electron chi connectivity index (χ0n) is 14.3. The van der Waals surface area contributed by atoms with Crippen molar-refractivity contribution < 1.29 is 4.21 Å². The Bertz CT molecular complexity index is 901. The van der Waals surface area contributed by atoms with Gasteiger partial charge in [0.05, 0.1) is 21.1 Å². The van der Waals surface area contributed by atoms with Crippen LogP contribution in [0.2, 0.25) is 0 Å². The average molecular weight is 355 g/mol. The Morgan fingerprint density at radius 3 is 2.84 bits per heavy atom. The van der Waals surface area contributed by atoms with Crippen LogP contribution < -0.4 is 4.90 Å². The Hall–Kier alpha value is -2.28. The van der Waals surface area contributed by atoms with Gasteiger partial charge in [-0.05, 0) is 43.9 Å². The van der Waals surface area contributed by atoms with Gasteiger partial charge in [-0.3, -0.25) is 9.19 Å². The SMILES string of the molecule is Cc1ccc(S(=O)CC2CC(N(C)c3ncnc4[nH]ccc34)C2)cn1. The van der Waals surface area contributed by atoms with Gasteiger partial charge in [-0.2, -0.15) is 0 Å². The molecule has 1 aliphatic rings. The zero-order valence-corrected chi connectivity index (χ0v) is 15.2. The number of hydrogen-bond donors (Lipinski definition) is 1. The van der Waals surface area contributed by atoms with Crippen molar-refractivity contribution in [1.29, 1.82) is 0 Å². The fourth-order valence-corrected chi connectivity index (χ4v) is 4.65. The van der Waals surface area contributed by atoms with Crippen molar-refractivity contribution >= 4 is 27.7 Å². The number of rotatable bonds is 5. The molecule has 4 rings (SSSR count). The molecule has 3 heterocycles. The molecule has 0 spiro atoms. The van der Waals surface area contributed by atoms with Gasteiger partial charge in [0.2, 0.25) is 0 Å². The Labute approximate surface area is 149 Å². The minimum Gasteiger partial charge on any atom is -0.356 e. The summed E-state index contributed by atoms with van der Waals surface area (Å²) in [5.74, 6) is 2.15. The zero-order chi connectivity index (χ0) is 17.4. The number of fused-ring (bicyclic) bond motifs is 1. The van der Waals surface area contributed by atoms with Gasteiger partial charge < -0.3 is 9.88 Å². The summed E-state index contributed by atoms with van der Waals surface area (Å²) in [6.07, 6.45) is 7.30. The molecule has 0 amide bonds. The number of hydrogen-bond acceptors (Lipinski definition) is 5. The maximum atomic E-state index is 12.5. The summed E-state index contributed by atoms with van der Waals surface area (Å²) in [6.45, 7) is 1.94. The average Bonchev–Trinajstić information content (AvgIpc) is 3.06. The van der Waals surface area contributed by atoms with Crippen molar-refractivity contribution in [2.75, 3.05) is 17.7 Å².